The highest BCUT2D eigenvalue weighted by Gasteiger charge is 2.39. The van der Waals surface area contributed by atoms with Gasteiger partial charge in [0.15, 0.2) is 0 Å². The number of nitrogens with zero attached hydrogens (tertiary/aromatic N) is 2. The van der Waals surface area contributed by atoms with Crippen molar-refractivity contribution in [3.05, 3.63) is 41.6 Å². The maximum absolute atomic E-state index is 13.2. The van der Waals surface area contributed by atoms with Crippen LogP contribution in [0.1, 0.15) is 24.0 Å². The molecule has 0 amide bonds. The molecule has 1 fully saturated rings. The Hall–Kier alpha value is -2.01. The van der Waals surface area contributed by atoms with Gasteiger partial charge in [0.25, 0.3) is 0 Å². The topological polar surface area (TPSA) is 97.0 Å². The molecule has 2 aromatic rings. The third-order valence-electron chi connectivity index (χ3n) is 5.13. The molecule has 4 rings (SSSR count). The number of fused-ring (bicyclic) bond motifs is 2. The molecule has 2 aliphatic heterocycles. The molecule has 10 heteroatoms. The van der Waals surface area contributed by atoms with Gasteiger partial charge in [-0.25, -0.2) is 9.19 Å². The van der Waals surface area contributed by atoms with Gasteiger partial charge < -0.3 is 20.8 Å². The van der Waals surface area contributed by atoms with E-state index in [1.165, 1.54) is 6.07 Å². The van der Waals surface area contributed by atoms with Crippen LogP contribution in [0.15, 0.2) is 40.3 Å². The lowest BCUT2D eigenvalue weighted by Crippen LogP contribution is -2.45. The van der Waals surface area contributed by atoms with Crippen LogP contribution in [-0.2, 0) is 17.0 Å². The number of aliphatic hydroxyl groups is 1. The molecule has 0 radical (unpaired) electrons. The fraction of sp³-hybridized carbons (Fsp3) is 0.421. The molecule has 6 nitrogen and oxygen atoms in total. The second-order valence-electron chi connectivity index (χ2n) is 7.13. The molecule has 2 aliphatic rings. The average Bonchev–Trinajstić information content (AvgIpc) is 2.86. The van der Waals surface area contributed by atoms with Gasteiger partial charge in [-0.1, -0.05) is 0 Å². The van der Waals surface area contributed by atoms with Gasteiger partial charge in [-0.05, 0) is 56.1 Å². The third kappa shape index (κ3) is 3.89. The van der Waals surface area contributed by atoms with Crippen molar-refractivity contribution in [2.75, 3.05) is 18.0 Å². The predicted octanol–water partition coefficient (Wildman–Crippen LogP) is 2.32. The van der Waals surface area contributed by atoms with Crippen LogP contribution in [-0.4, -0.2) is 45.0 Å². The first kappa shape index (κ1) is 21.7. The predicted molar refractivity (Wildman–Crippen MR) is 103 cm³/mol. The number of benzene rings is 1. The van der Waals surface area contributed by atoms with Crippen LogP contribution in [0.3, 0.4) is 0 Å². The summed E-state index contributed by atoms with van der Waals surface area (Å²) in [4.78, 5) is 6.68. The zero-order chi connectivity index (χ0) is 20.1. The summed E-state index contributed by atoms with van der Waals surface area (Å²) in [6, 6.07) is 4.59. The molecule has 0 spiro atoms. The Labute approximate surface area is 168 Å². The molecule has 29 heavy (non-hydrogen) atoms. The van der Waals surface area contributed by atoms with Crippen LogP contribution in [0.4, 0.5) is 24.7 Å². The molecule has 0 saturated carbocycles. The minimum absolute atomic E-state index is 0. The van der Waals surface area contributed by atoms with Crippen molar-refractivity contribution >= 4 is 22.3 Å². The number of aliphatic hydroxyl groups excluding tert-OH is 1. The van der Waals surface area contributed by atoms with Gasteiger partial charge in [0.2, 0.25) is 0 Å². The van der Waals surface area contributed by atoms with E-state index < -0.39 is 28.6 Å². The number of aromatic nitrogens is 1. The lowest BCUT2D eigenvalue weighted by Gasteiger charge is -2.39. The van der Waals surface area contributed by atoms with E-state index in [4.69, 9.17) is 0 Å². The molecule has 3 heterocycles. The number of alkyl halides is 3. The van der Waals surface area contributed by atoms with Gasteiger partial charge in [-0.3, -0.25) is 0 Å². The number of aryl methyl sites for hydroxylation is 1. The normalized spacial score (nSPS) is 24.2. The number of hydrogen-bond acceptors (Lipinski definition) is 5. The molecular weight excluding hydrogens is 407 g/mol. The summed E-state index contributed by atoms with van der Waals surface area (Å²) in [6.07, 6.45) is -2.19. The van der Waals surface area contributed by atoms with E-state index in [0.29, 0.717) is 29.4 Å². The summed E-state index contributed by atoms with van der Waals surface area (Å²) < 4.78 is 52.8. The largest absolute Gasteiger partial charge is 0.416 e. The fourth-order valence-electron chi connectivity index (χ4n) is 3.77. The average molecular weight is 429 g/mol. The number of nitrogens with one attached hydrogen (secondary N) is 1. The van der Waals surface area contributed by atoms with E-state index in [1.54, 1.807) is 24.1 Å². The molecule has 1 aromatic carbocycles. The Kier molecular flexibility index (Phi) is 6.00. The van der Waals surface area contributed by atoms with Crippen LogP contribution < -0.4 is 10.2 Å². The summed E-state index contributed by atoms with van der Waals surface area (Å²) in [5, 5.41) is 13.8. The van der Waals surface area contributed by atoms with Crippen molar-refractivity contribution in [2.45, 2.75) is 47.9 Å². The lowest BCUT2D eigenvalue weighted by atomic mass is 10.0. The number of rotatable bonds is 1. The maximum Gasteiger partial charge on any atom is 0.416 e. The molecule has 2 unspecified atom stereocenters. The third-order valence-corrected chi connectivity index (χ3v) is 6.55. The Balaban J connectivity index is 0.00000240. The van der Waals surface area contributed by atoms with Crippen LogP contribution in [0, 0.1) is 6.92 Å². The second-order valence-corrected chi connectivity index (χ2v) is 8.55. The van der Waals surface area contributed by atoms with E-state index >= 15 is 0 Å². The SMILES string of the molecule is Cc1cnc2c(c1)S(=O)c1cc(C(F)(F)F)ccc1N2C1CCCNC[C@@H]1O.O. The van der Waals surface area contributed by atoms with Crippen LogP contribution in [0.25, 0.3) is 0 Å². The van der Waals surface area contributed by atoms with E-state index in [2.05, 4.69) is 10.3 Å². The molecule has 3 atom stereocenters. The molecule has 4 N–H and O–H groups in total. The van der Waals surface area contributed by atoms with E-state index in [-0.39, 0.29) is 16.4 Å². The molecule has 0 aliphatic carbocycles. The van der Waals surface area contributed by atoms with Crippen molar-refractivity contribution in [2.24, 2.45) is 0 Å². The first-order valence-electron chi connectivity index (χ1n) is 9.05. The van der Waals surface area contributed by atoms with Crippen LogP contribution in [0.2, 0.25) is 0 Å². The number of pyridine rings is 1. The minimum atomic E-state index is -4.53. The van der Waals surface area contributed by atoms with Crippen LogP contribution in [0.5, 0.6) is 0 Å². The van der Waals surface area contributed by atoms with Crippen molar-refractivity contribution in [1.29, 1.82) is 0 Å². The van der Waals surface area contributed by atoms with Gasteiger partial charge in [0, 0.05) is 12.7 Å². The molecule has 0 bridgehead atoms. The van der Waals surface area contributed by atoms with Crippen molar-refractivity contribution in [3.63, 3.8) is 0 Å². The summed E-state index contributed by atoms with van der Waals surface area (Å²) in [6.45, 7) is 2.92. The van der Waals surface area contributed by atoms with Gasteiger partial charge in [0.05, 0.1) is 44.0 Å². The highest BCUT2D eigenvalue weighted by atomic mass is 32.2. The Morgan fingerprint density at radius 1 is 1.28 bits per heavy atom. The highest BCUT2D eigenvalue weighted by Crippen LogP contribution is 2.45. The Bertz CT molecular complexity index is 939. The van der Waals surface area contributed by atoms with Gasteiger partial charge in [-0.2, -0.15) is 13.2 Å². The summed E-state index contributed by atoms with van der Waals surface area (Å²) >= 11 is 0. The fourth-order valence-corrected chi connectivity index (χ4v) is 5.21. The second kappa shape index (κ2) is 8.02. The first-order chi connectivity index (χ1) is 13.3. The van der Waals surface area contributed by atoms with E-state index in [9.17, 15) is 22.5 Å². The quantitative estimate of drug-likeness (QED) is 0.725. The molecule has 1 aromatic heterocycles. The summed E-state index contributed by atoms with van der Waals surface area (Å²) in [5.41, 5.74) is 0.332. The van der Waals surface area contributed by atoms with Crippen molar-refractivity contribution < 1.29 is 28.0 Å². The molecule has 158 valence electrons. The van der Waals surface area contributed by atoms with E-state index in [0.717, 1.165) is 30.7 Å². The smallest absolute Gasteiger partial charge is 0.412 e. The van der Waals surface area contributed by atoms with Crippen molar-refractivity contribution in [1.82, 2.24) is 10.3 Å². The lowest BCUT2D eigenvalue weighted by molar-refractivity contribution is -0.137. The molecular formula is C19H22F3N3O3S. The monoisotopic (exact) mass is 429 g/mol. The standard InChI is InChI=1S/C19H20F3N3O2S.H2O/c1-11-7-17-18(24-9-11)25(13-3-2-6-23-10-15(13)26)14-5-4-12(19(20,21)22)8-16(14)28(17)27;/h4-5,7-9,13,15,23,26H,2-3,6,10H2,1H3;1H2/t13?,15-,28?;/m0./s1. The number of anilines is 2. The zero-order valence-corrected chi connectivity index (χ0v) is 16.5. The van der Waals surface area contributed by atoms with Gasteiger partial charge in [0.1, 0.15) is 5.82 Å². The summed E-state index contributed by atoms with van der Waals surface area (Å²) in [7, 11) is -1.79. The van der Waals surface area contributed by atoms with Crippen molar-refractivity contribution in [3.8, 4) is 0 Å². The number of halogens is 3. The van der Waals surface area contributed by atoms with Crippen LogP contribution >= 0.6 is 0 Å². The first-order valence-corrected chi connectivity index (χ1v) is 10.2. The highest BCUT2D eigenvalue weighted by molar-refractivity contribution is 7.85. The number of hydrogen-bond donors (Lipinski definition) is 2. The summed E-state index contributed by atoms with van der Waals surface area (Å²) in [5.74, 6) is 0.433. The van der Waals surface area contributed by atoms with E-state index in [1.807, 2.05) is 0 Å². The van der Waals surface area contributed by atoms with Gasteiger partial charge in [-0.15, -0.1) is 0 Å². The van der Waals surface area contributed by atoms with Gasteiger partial charge >= 0.3 is 6.18 Å². The number of β-amino-alcohol motifs (C(OH)–C–C–N with tert-alkyl or cyclic N) is 1. The molecule has 1 saturated heterocycles. The minimum Gasteiger partial charge on any atom is -0.412 e. The Morgan fingerprint density at radius 3 is 2.76 bits per heavy atom. The maximum atomic E-state index is 13.2. The Morgan fingerprint density at radius 2 is 2.03 bits per heavy atom. The zero-order valence-electron chi connectivity index (χ0n) is 15.7.